The van der Waals surface area contributed by atoms with Crippen LogP contribution < -0.4 is 15.6 Å². The first-order valence-electron chi connectivity index (χ1n) is 5.65. The van der Waals surface area contributed by atoms with E-state index < -0.39 is 0 Å². The van der Waals surface area contributed by atoms with E-state index in [9.17, 15) is 4.79 Å². The van der Waals surface area contributed by atoms with Gasteiger partial charge < -0.3 is 10.1 Å². The molecule has 2 heterocycles. The van der Waals surface area contributed by atoms with Crippen LogP contribution in [0.25, 0.3) is 0 Å². The van der Waals surface area contributed by atoms with Gasteiger partial charge in [0.25, 0.3) is 5.56 Å². The summed E-state index contributed by atoms with van der Waals surface area (Å²) < 4.78 is 6.39. The average molecular weight is 265 g/mol. The van der Waals surface area contributed by atoms with Gasteiger partial charge in [0.15, 0.2) is 0 Å². The second-order valence-corrected chi connectivity index (χ2v) is 4.73. The van der Waals surface area contributed by atoms with Crippen molar-refractivity contribution in [3.8, 4) is 5.88 Å². The lowest BCUT2D eigenvalue weighted by atomic mass is 10.4. The third-order valence-corrected chi connectivity index (χ3v) is 3.31. The Morgan fingerprint density at radius 2 is 2.33 bits per heavy atom. The molecule has 0 saturated heterocycles. The summed E-state index contributed by atoms with van der Waals surface area (Å²) >= 11 is 1.71. The third kappa shape index (κ3) is 3.41. The first-order valence-corrected chi connectivity index (χ1v) is 6.53. The minimum absolute atomic E-state index is 0.117. The van der Waals surface area contributed by atoms with Crippen LogP contribution in [0.3, 0.4) is 0 Å². The highest BCUT2D eigenvalue weighted by molar-refractivity contribution is 7.09. The molecule has 5 nitrogen and oxygen atoms in total. The van der Waals surface area contributed by atoms with Crippen LogP contribution in [0.4, 0.5) is 0 Å². The molecule has 0 bridgehead atoms. The zero-order valence-electron chi connectivity index (χ0n) is 10.1. The number of aromatic nitrogens is 2. The van der Waals surface area contributed by atoms with E-state index >= 15 is 0 Å². The molecule has 0 fully saturated rings. The Morgan fingerprint density at radius 1 is 1.44 bits per heavy atom. The molecule has 6 heteroatoms. The molecular formula is C12H15N3O2S. The average Bonchev–Trinajstić information content (AvgIpc) is 2.89. The molecule has 0 aliphatic heterocycles. The number of methoxy groups -OCH3 is 1. The van der Waals surface area contributed by atoms with Gasteiger partial charge in [-0.15, -0.1) is 16.4 Å². The highest BCUT2D eigenvalue weighted by Gasteiger charge is 2.00. The molecule has 0 aliphatic rings. The normalized spacial score (nSPS) is 10.5. The lowest BCUT2D eigenvalue weighted by molar-refractivity contribution is 0.374. The van der Waals surface area contributed by atoms with Gasteiger partial charge in [-0.1, -0.05) is 6.07 Å². The van der Waals surface area contributed by atoms with Crippen LogP contribution in [0.5, 0.6) is 5.88 Å². The lowest BCUT2D eigenvalue weighted by Gasteiger charge is -2.06. The summed E-state index contributed by atoms with van der Waals surface area (Å²) in [5.41, 5.74) is -0.117. The van der Waals surface area contributed by atoms with E-state index in [2.05, 4.69) is 16.5 Å². The van der Waals surface area contributed by atoms with E-state index in [4.69, 9.17) is 4.74 Å². The second kappa shape index (κ2) is 6.32. The standard InChI is InChI=1S/C12H15N3O2S/c1-17-11-4-5-12(16)15(14-11)7-6-13-9-10-3-2-8-18-10/h2-5,8,13H,6-7,9H2,1H3. The number of hydrogen-bond donors (Lipinski definition) is 1. The Bertz CT molecular complexity index is 537. The van der Waals surface area contributed by atoms with Crippen LogP contribution >= 0.6 is 11.3 Å². The summed E-state index contributed by atoms with van der Waals surface area (Å²) in [6.07, 6.45) is 0. The van der Waals surface area contributed by atoms with Crippen molar-refractivity contribution in [2.24, 2.45) is 0 Å². The zero-order chi connectivity index (χ0) is 12.8. The quantitative estimate of drug-likeness (QED) is 0.795. The fraction of sp³-hybridized carbons (Fsp3) is 0.333. The van der Waals surface area contributed by atoms with E-state index in [1.807, 2.05) is 11.4 Å². The fourth-order valence-electron chi connectivity index (χ4n) is 1.51. The Hall–Kier alpha value is -1.66. The zero-order valence-corrected chi connectivity index (χ0v) is 10.9. The van der Waals surface area contributed by atoms with Crippen molar-refractivity contribution < 1.29 is 4.74 Å². The minimum atomic E-state index is -0.117. The maximum atomic E-state index is 11.5. The van der Waals surface area contributed by atoms with Gasteiger partial charge in [0.1, 0.15) is 0 Å². The fourth-order valence-corrected chi connectivity index (χ4v) is 2.18. The van der Waals surface area contributed by atoms with Gasteiger partial charge in [-0.2, -0.15) is 0 Å². The molecule has 0 saturated carbocycles. The molecule has 18 heavy (non-hydrogen) atoms. The minimum Gasteiger partial charge on any atom is -0.480 e. The van der Waals surface area contributed by atoms with Crippen molar-refractivity contribution in [1.82, 2.24) is 15.1 Å². The first-order chi connectivity index (χ1) is 8.79. The molecule has 0 unspecified atom stereocenters. The SMILES string of the molecule is COc1ccc(=O)n(CCNCc2cccs2)n1. The van der Waals surface area contributed by atoms with Crippen molar-refractivity contribution in [2.75, 3.05) is 13.7 Å². The molecule has 2 aromatic heterocycles. The molecular weight excluding hydrogens is 250 g/mol. The van der Waals surface area contributed by atoms with Crippen LogP contribution in [-0.2, 0) is 13.1 Å². The molecule has 2 aromatic rings. The van der Waals surface area contributed by atoms with Crippen LogP contribution in [0, 0.1) is 0 Å². The number of hydrogen-bond acceptors (Lipinski definition) is 5. The number of ether oxygens (including phenoxy) is 1. The van der Waals surface area contributed by atoms with Crippen molar-refractivity contribution in [3.05, 3.63) is 44.9 Å². The third-order valence-electron chi connectivity index (χ3n) is 2.43. The Labute approximate surface area is 109 Å². The predicted molar refractivity (Wildman–Crippen MR) is 71.1 cm³/mol. The second-order valence-electron chi connectivity index (χ2n) is 3.69. The number of rotatable bonds is 6. The molecule has 0 amide bonds. The number of thiophene rings is 1. The lowest BCUT2D eigenvalue weighted by Crippen LogP contribution is -2.28. The van der Waals surface area contributed by atoms with Gasteiger partial charge >= 0.3 is 0 Å². The molecule has 2 rings (SSSR count). The highest BCUT2D eigenvalue weighted by Crippen LogP contribution is 2.07. The van der Waals surface area contributed by atoms with Crippen LogP contribution in [0.15, 0.2) is 34.4 Å². The van der Waals surface area contributed by atoms with Gasteiger partial charge in [-0.3, -0.25) is 4.79 Å². The number of nitrogens with one attached hydrogen (secondary N) is 1. The Morgan fingerprint density at radius 3 is 3.06 bits per heavy atom. The molecule has 0 spiro atoms. The van der Waals surface area contributed by atoms with Gasteiger partial charge in [-0.25, -0.2) is 4.68 Å². The van der Waals surface area contributed by atoms with Crippen molar-refractivity contribution in [3.63, 3.8) is 0 Å². The predicted octanol–water partition coefficient (Wildman–Crippen LogP) is 1.10. The van der Waals surface area contributed by atoms with Gasteiger partial charge in [-0.05, 0) is 11.4 Å². The van der Waals surface area contributed by atoms with Crippen molar-refractivity contribution >= 4 is 11.3 Å². The van der Waals surface area contributed by atoms with Crippen molar-refractivity contribution in [2.45, 2.75) is 13.1 Å². The summed E-state index contributed by atoms with van der Waals surface area (Å²) in [5.74, 6) is 0.452. The summed E-state index contributed by atoms with van der Waals surface area (Å²) in [7, 11) is 1.53. The van der Waals surface area contributed by atoms with Gasteiger partial charge in [0, 0.05) is 30.1 Å². The molecule has 0 atom stereocenters. The van der Waals surface area contributed by atoms with E-state index in [0.717, 1.165) is 6.54 Å². The summed E-state index contributed by atoms with van der Waals surface area (Å²) in [5, 5.41) is 9.39. The van der Waals surface area contributed by atoms with Crippen LogP contribution in [0.2, 0.25) is 0 Å². The summed E-state index contributed by atoms with van der Waals surface area (Å²) in [6.45, 7) is 2.04. The van der Waals surface area contributed by atoms with E-state index in [-0.39, 0.29) is 5.56 Å². The largest absolute Gasteiger partial charge is 0.480 e. The van der Waals surface area contributed by atoms with Gasteiger partial charge in [0.05, 0.1) is 13.7 Å². The van der Waals surface area contributed by atoms with E-state index in [1.54, 1.807) is 17.4 Å². The van der Waals surface area contributed by atoms with E-state index in [1.165, 1.54) is 22.7 Å². The van der Waals surface area contributed by atoms with Gasteiger partial charge in [0.2, 0.25) is 5.88 Å². The summed E-state index contributed by atoms with van der Waals surface area (Å²) in [4.78, 5) is 12.8. The molecule has 96 valence electrons. The monoisotopic (exact) mass is 265 g/mol. The molecule has 0 aromatic carbocycles. The molecule has 0 aliphatic carbocycles. The maximum absolute atomic E-state index is 11.5. The Kier molecular flexibility index (Phi) is 4.49. The topological polar surface area (TPSA) is 56.1 Å². The van der Waals surface area contributed by atoms with Crippen LogP contribution in [0.1, 0.15) is 4.88 Å². The Balaban J connectivity index is 1.84. The highest BCUT2D eigenvalue weighted by atomic mass is 32.1. The van der Waals surface area contributed by atoms with E-state index in [0.29, 0.717) is 19.0 Å². The first kappa shape index (κ1) is 12.8. The maximum Gasteiger partial charge on any atom is 0.267 e. The molecule has 1 N–H and O–H groups in total. The van der Waals surface area contributed by atoms with Crippen molar-refractivity contribution in [1.29, 1.82) is 0 Å². The number of nitrogens with zero attached hydrogens (tertiary/aromatic N) is 2. The molecule has 0 radical (unpaired) electrons. The smallest absolute Gasteiger partial charge is 0.267 e. The summed E-state index contributed by atoms with van der Waals surface area (Å²) in [6, 6.07) is 7.13. The van der Waals surface area contributed by atoms with Crippen LogP contribution in [-0.4, -0.2) is 23.4 Å².